The van der Waals surface area contributed by atoms with Gasteiger partial charge >= 0.3 is 5.97 Å². The molecule has 3 aliphatic carbocycles. The summed E-state index contributed by atoms with van der Waals surface area (Å²) in [6.07, 6.45) is 15.6. The van der Waals surface area contributed by atoms with Crippen molar-refractivity contribution in [2.24, 2.45) is 39.9 Å². The molecule has 17 nitrogen and oxygen atoms in total. The summed E-state index contributed by atoms with van der Waals surface area (Å²) in [5.41, 5.74) is 16.4. The number of nitrogens with one attached hydrogen (secondary N) is 5. The highest BCUT2D eigenvalue weighted by molar-refractivity contribution is 5.96. The van der Waals surface area contributed by atoms with Crippen molar-refractivity contribution in [3.8, 4) is 0 Å². The van der Waals surface area contributed by atoms with Crippen molar-refractivity contribution in [2.75, 3.05) is 6.54 Å². The third kappa shape index (κ3) is 18.1. The van der Waals surface area contributed by atoms with Crippen LogP contribution in [-0.4, -0.2) is 89.2 Å². The van der Waals surface area contributed by atoms with E-state index in [1.54, 1.807) is 0 Å². The zero-order chi connectivity index (χ0) is 41.7. The molecule has 17 heteroatoms. The number of amides is 6. The average Bonchev–Trinajstić information content (AvgIpc) is 3.17. The Morgan fingerprint density at radius 2 is 0.912 bits per heavy atom. The van der Waals surface area contributed by atoms with Crippen molar-refractivity contribution in [2.45, 2.75) is 178 Å². The monoisotopic (exact) mass is 804 g/mol. The fraction of sp³-hybridized carbons (Fsp3) is 0.800. The molecule has 3 aliphatic rings. The van der Waals surface area contributed by atoms with Gasteiger partial charge in [-0.1, -0.05) is 96.3 Å². The number of carbonyl (C=O) groups is 7. The maximum absolute atomic E-state index is 14.4. The van der Waals surface area contributed by atoms with Crippen LogP contribution in [0.3, 0.4) is 0 Å². The lowest BCUT2D eigenvalue weighted by Crippen LogP contribution is -2.59. The minimum Gasteiger partial charge on any atom is -0.481 e. The lowest BCUT2D eigenvalue weighted by atomic mass is 9.83. The summed E-state index contributed by atoms with van der Waals surface area (Å²) in [6.45, 7) is 1.56. The van der Waals surface area contributed by atoms with Gasteiger partial charge in [0.25, 0.3) is 0 Å². The van der Waals surface area contributed by atoms with E-state index in [4.69, 9.17) is 17.2 Å². The van der Waals surface area contributed by atoms with Gasteiger partial charge in [0.05, 0.1) is 0 Å². The Hall–Kier alpha value is -4.44. The molecular formula is C40H69N9O8. The highest BCUT2D eigenvalue weighted by atomic mass is 16.4. The molecule has 0 radical (unpaired) electrons. The third-order valence-corrected chi connectivity index (χ3v) is 11.7. The van der Waals surface area contributed by atoms with Gasteiger partial charge in [-0.15, -0.1) is 0 Å². The number of carboxylic acids is 1. The van der Waals surface area contributed by atoms with Gasteiger partial charge in [-0.05, 0) is 56.3 Å². The molecule has 57 heavy (non-hydrogen) atoms. The SMILES string of the molecule is CC(=O)NC(CCCN=C(N)N)C(=O)NC(CC1CCCCC1)C(=O)NC(CC1CCCCC1)C(=O)NC(CC1CCCCC1)C(=O)NC(CCC(=O)O)C(N)=O. The minimum atomic E-state index is -1.24. The van der Waals surface area contributed by atoms with Crippen LogP contribution in [0.15, 0.2) is 4.99 Å². The molecule has 0 aliphatic heterocycles. The maximum atomic E-state index is 14.4. The van der Waals surface area contributed by atoms with Gasteiger partial charge in [0, 0.05) is 19.9 Å². The number of hydrogen-bond acceptors (Lipinski definition) is 8. The molecule has 0 aromatic rings. The van der Waals surface area contributed by atoms with Crippen molar-refractivity contribution in [1.29, 1.82) is 0 Å². The first-order valence-corrected chi connectivity index (χ1v) is 21.3. The van der Waals surface area contributed by atoms with Gasteiger partial charge in [-0.3, -0.25) is 38.6 Å². The fourth-order valence-corrected chi connectivity index (χ4v) is 8.62. The second-order valence-electron chi connectivity index (χ2n) is 16.5. The predicted molar refractivity (Wildman–Crippen MR) is 215 cm³/mol. The average molecular weight is 804 g/mol. The van der Waals surface area contributed by atoms with Crippen molar-refractivity contribution in [3.05, 3.63) is 0 Å². The molecule has 0 saturated heterocycles. The predicted octanol–water partition coefficient (Wildman–Crippen LogP) is 1.75. The summed E-state index contributed by atoms with van der Waals surface area (Å²) in [5, 5.41) is 23.2. The smallest absolute Gasteiger partial charge is 0.303 e. The summed E-state index contributed by atoms with van der Waals surface area (Å²) >= 11 is 0. The second kappa shape index (κ2) is 25.0. The molecule has 3 fully saturated rings. The molecule has 12 N–H and O–H groups in total. The standard InChI is InChI=1S/C40H69N9O8/c1-25(50)45-30(18-11-21-44-40(42)43)36(54)47-32(23-27-14-7-3-8-15-27)38(56)49-33(24-28-16-9-4-10-17-28)39(57)48-31(22-26-12-5-2-6-13-26)37(55)46-29(35(41)53)19-20-34(51)52/h26-33H,2-24H2,1H3,(H2,41,53)(H,45,50)(H,46,55)(H,47,54)(H,48,57)(H,49,56)(H,51,52)(H4,42,43,44). The first-order valence-electron chi connectivity index (χ1n) is 21.3. The molecule has 0 spiro atoms. The number of nitrogens with zero attached hydrogens (tertiary/aromatic N) is 1. The van der Waals surface area contributed by atoms with E-state index in [9.17, 15) is 38.7 Å². The summed E-state index contributed by atoms with van der Waals surface area (Å²) in [5.74, 6) is -4.31. The molecule has 3 saturated carbocycles. The fourth-order valence-electron chi connectivity index (χ4n) is 8.62. The van der Waals surface area contributed by atoms with Crippen LogP contribution in [0, 0.1) is 17.8 Å². The van der Waals surface area contributed by atoms with Crippen LogP contribution in [0.1, 0.15) is 148 Å². The van der Waals surface area contributed by atoms with Crippen LogP contribution in [0.25, 0.3) is 0 Å². The number of carboxylic acid groups (broad SMARTS) is 1. The van der Waals surface area contributed by atoms with E-state index in [1.807, 2.05) is 0 Å². The van der Waals surface area contributed by atoms with Crippen LogP contribution in [-0.2, 0) is 33.6 Å². The number of primary amides is 1. The molecule has 3 rings (SSSR count). The number of guanidine groups is 1. The van der Waals surface area contributed by atoms with Crippen LogP contribution in [0.4, 0.5) is 0 Å². The zero-order valence-corrected chi connectivity index (χ0v) is 33.9. The van der Waals surface area contributed by atoms with E-state index in [-0.39, 0.29) is 49.5 Å². The Morgan fingerprint density at radius 1 is 0.544 bits per heavy atom. The molecule has 6 amide bonds. The van der Waals surface area contributed by atoms with Gasteiger partial charge in [0.1, 0.15) is 30.2 Å². The molecule has 0 heterocycles. The lowest BCUT2D eigenvalue weighted by Gasteiger charge is -2.32. The number of aliphatic carboxylic acids is 1. The van der Waals surface area contributed by atoms with E-state index in [1.165, 1.54) is 6.92 Å². The lowest BCUT2D eigenvalue weighted by molar-refractivity contribution is -0.138. The van der Waals surface area contributed by atoms with E-state index in [0.29, 0.717) is 25.7 Å². The highest BCUT2D eigenvalue weighted by Crippen LogP contribution is 2.30. The Labute approximate surface area is 337 Å². The summed E-state index contributed by atoms with van der Waals surface area (Å²) in [7, 11) is 0. The Bertz CT molecular complexity index is 1370. The first kappa shape index (κ1) is 46.9. The van der Waals surface area contributed by atoms with Gasteiger partial charge < -0.3 is 48.9 Å². The first-order chi connectivity index (χ1) is 27.2. The largest absolute Gasteiger partial charge is 0.481 e. The Balaban J connectivity index is 1.87. The number of nitrogens with two attached hydrogens (primary N) is 3. The quantitative estimate of drug-likeness (QED) is 0.0410. The van der Waals surface area contributed by atoms with Crippen molar-refractivity contribution < 1.29 is 38.7 Å². The van der Waals surface area contributed by atoms with E-state index >= 15 is 0 Å². The van der Waals surface area contributed by atoms with E-state index in [0.717, 1.165) is 96.3 Å². The molecule has 5 atom stereocenters. The minimum absolute atomic E-state index is 0.0851. The normalized spacial score (nSPS) is 19.4. The van der Waals surface area contributed by atoms with Gasteiger partial charge in [-0.25, -0.2) is 0 Å². The molecule has 322 valence electrons. The van der Waals surface area contributed by atoms with Crippen LogP contribution in [0.2, 0.25) is 0 Å². The summed E-state index contributed by atoms with van der Waals surface area (Å²) < 4.78 is 0. The summed E-state index contributed by atoms with van der Waals surface area (Å²) in [4.78, 5) is 95.8. The van der Waals surface area contributed by atoms with Crippen LogP contribution >= 0.6 is 0 Å². The van der Waals surface area contributed by atoms with Crippen molar-refractivity contribution >= 4 is 47.4 Å². The number of aliphatic imine (C=N–C) groups is 1. The molecule has 5 unspecified atom stereocenters. The number of hydrogen-bond donors (Lipinski definition) is 9. The zero-order valence-electron chi connectivity index (χ0n) is 33.9. The topological polar surface area (TPSA) is 290 Å². The van der Waals surface area contributed by atoms with E-state index < -0.39 is 71.6 Å². The molecule has 0 bridgehead atoms. The Morgan fingerprint density at radius 3 is 1.25 bits per heavy atom. The van der Waals surface area contributed by atoms with Crippen LogP contribution < -0.4 is 43.8 Å². The van der Waals surface area contributed by atoms with Gasteiger partial charge in [-0.2, -0.15) is 0 Å². The molecular weight excluding hydrogens is 734 g/mol. The van der Waals surface area contributed by atoms with Crippen molar-refractivity contribution in [1.82, 2.24) is 26.6 Å². The molecule has 0 aromatic carbocycles. The molecule has 0 aromatic heterocycles. The van der Waals surface area contributed by atoms with E-state index in [2.05, 4.69) is 31.6 Å². The number of rotatable bonds is 23. The van der Waals surface area contributed by atoms with Gasteiger partial charge in [0.2, 0.25) is 35.4 Å². The summed E-state index contributed by atoms with van der Waals surface area (Å²) in [6, 6.07) is -5.28. The number of carbonyl (C=O) groups excluding carboxylic acids is 6. The van der Waals surface area contributed by atoms with Gasteiger partial charge in [0.15, 0.2) is 5.96 Å². The second-order valence-corrected chi connectivity index (χ2v) is 16.5. The maximum Gasteiger partial charge on any atom is 0.303 e. The van der Waals surface area contributed by atoms with Crippen molar-refractivity contribution in [3.63, 3.8) is 0 Å². The van der Waals surface area contributed by atoms with Crippen LogP contribution in [0.5, 0.6) is 0 Å². The third-order valence-electron chi connectivity index (χ3n) is 11.7. The Kier molecular flexibility index (Phi) is 20.6. The highest BCUT2D eigenvalue weighted by Gasteiger charge is 2.35.